The maximum absolute atomic E-state index is 2.29. The van der Waals surface area contributed by atoms with Crippen molar-refractivity contribution in [2.24, 2.45) is 0 Å². The van der Waals surface area contributed by atoms with Crippen LogP contribution in [0.1, 0.15) is 31.7 Å². The third-order valence-electron chi connectivity index (χ3n) is 5.40. The number of hydrogen-bond donors (Lipinski definition) is 0. The van der Waals surface area contributed by atoms with Crippen LogP contribution in [-0.4, -0.2) is 9.52 Å². The van der Waals surface area contributed by atoms with Crippen molar-refractivity contribution in [1.29, 1.82) is 0 Å². The smallest absolute Gasteiger partial charge is 1.00 e. The number of hydrogen-bond acceptors (Lipinski definition) is 0. The van der Waals surface area contributed by atoms with Crippen LogP contribution >= 0.6 is 0 Å². The number of benzene rings is 3. The van der Waals surface area contributed by atoms with Crippen molar-refractivity contribution in [3.8, 4) is 0 Å². The van der Waals surface area contributed by atoms with E-state index in [2.05, 4.69) is 118 Å². The molecule has 2 radical (unpaired) electrons. The Bertz CT molecular complexity index is 1180. The van der Waals surface area contributed by atoms with Gasteiger partial charge >= 0.3 is 25.8 Å². The second kappa shape index (κ2) is 15.6. The molecule has 4 heteroatoms. The fourth-order valence-electron chi connectivity index (χ4n) is 3.72. The first kappa shape index (κ1) is 30.8. The molecule has 1 unspecified atom stereocenters. The fraction of sp³-hybridized carbons (Fsp3) is 0.214. The molecule has 0 aromatic heterocycles. The minimum Gasteiger partial charge on any atom is -1.00 e. The van der Waals surface area contributed by atoms with Crippen molar-refractivity contribution in [3.05, 3.63) is 96.6 Å². The van der Waals surface area contributed by atoms with Gasteiger partial charge in [0.15, 0.2) is 0 Å². The first-order valence-electron chi connectivity index (χ1n) is 10.5. The Labute approximate surface area is 227 Å². The zero-order valence-electron chi connectivity index (χ0n) is 19.2. The summed E-state index contributed by atoms with van der Waals surface area (Å²) in [6.07, 6.45) is 1.22. The van der Waals surface area contributed by atoms with E-state index in [1.165, 1.54) is 44.3 Å². The van der Waals surface area contributed by atoms with Crippen molar-refractivity contribution < 1.29 is 50.7 Å². The molecule has 0 nitrogen and oxygen atoms in total. The van der Waals surface area contributed by atoms with E-state index >= 15 is 0 Å². The Hall–Kier alpha value is -1.19. The van der Waals surface area contributed by atoms with Gasteiger partial charge in [-0.3, -0.25) is 0 Å². The normalized spacial score (nSPS) is 10.5. The zero-order chi connectivity index (χ0) is 20.6. The van der Waals surface area contributed by atoms with Gasteiger partial charge in [-0.05, 0) is 5.39 Å². The molecule has 0 fully saturated rings. The molecule has 0 aliphatic heterocycles. The van der Waals surface area contributed by atoms with E-state index < -0.39 is 0 Å². The van der Waals surface area contributed by atoms with Crippen LogP contribution in [0.4, 0.5) is 0 Å². The average molecular weight is 644 g/mol. The molecule has 0 saturated carbocycles. The Balaban J connectivity index is 0.000000495. The molecular weight excluding hydrogens is 614 g/mol. The third-order valence-corrected chi connectivity index (χ3v) is 5.40. The number of halogens is 2. The van der Waals surface area contributed by atoms with Gasteiger partial charge in [-0.25, -0.2) is 0 Å². The molecule has 5 aromatic carbocycles. The third kappa shape index (κ3) is 7.42. The van der Waals surface area contributed by atoms with E-state index in [0.29, 0.717) is 5.92 Å². The van der Waals surface area contributed by atoms with Crippen LogP contribution < -0.4 is 24.8 Å². The minimum absolute atomic E-state index is 0. The van der Waals surface area contributed by atoms with Gasteiger partial charge in [-0.2, -0.15) is 17.7 Å². The van der Waals surface area contributed by atoms with Gasteiger partial charge in [-0.1, -0.05) is 81.1 Å². The molecule has 0 heterocycles. The summed E-state index contributed by atoms with van der Waals surface area (Å²) in [5.74, 6) is 0.680. The summed E-state index contributed by atoms with van der Waals surface area (Å²) < 4.78 is 0. The molecule has 0 amide bonds. The minimum atomic E-state index is 0. The van der Waals surface area contributed by atoms with E-state index in [0.717, 1.165) is 9.52 Å². The molecule has 5 rings (SSSR count). The predicted octanol–water partition coefficient (Wildman–Crippen LogP) is 2.58. The molecule has 0 bridgehead atoms. The monoisotopic (exact) mass is 644 g/mol. The van der Waals surface area contributed by atoms with Crippen LogP contribution in [0.15, 0.2) is 91.0 Å². The molecule has 32 heavy (non-hydrogen) atoms. The Morgan fingerprint density at radius 3 is 2.03 bits per heavy atom. The SMILES string of the molecule is CCC(C)c1c[cH-]c2ccccc12.C[Si]C.[Cl-].[Cl-].[Hf+4].c1ccc2c(c1)ccc1[cH-]ccc12. The fourth-order valence-corrected chi connectivity index (χ4v) is 3.72. The van der Waals surface area contributed by atoms with Crippen molar-refractivity contribution in [3.63, 3.8) is 0 Å². The largest absolute Gasteiger partial charge is 4.00 e. The summed E-state index contributed by atoms with van der Waals surface area (Å²) in [4.78, 5) is 0. The topological polar surface area (TPSA) is 0 Å². The van der Waals surface area contributed by atoms with Crippen LogP contribution in [0.25, 0.3) is 32.3 Å². The van der Waals surface area contributed by atoms with Gasteiger partial charge in [0, 0.05) is 9.52 Å². The van der Waals surface area contributed by atoms with Crippen LogP contribution in [-0.2, 0) is 25.8 Å². The molecule has 0 spiro atoms. The number of rotatable bonds is 2. The Kier molecular flexibility index (Phi) is 15.0. The van der Waals surface area contributed by atoms with E-state index in [4.69, 9.17) is 0 Å². The van der Waals surface area contributed by atoms with Gasteiger partial charge in [0.2, 0.25) is 0 Å². The summed E-state index contributed by atoms with van der Waals surface area (Å²) in [6, 6.07) is 32.4. The molecule has 1 atom stereocenters. The van der Waals surface area contributed by atoms with Crippen molar-refractivity contribution >= 4 is 41.8 Å². The van der Waals surface area contributed by atoms with E-state index in [1.807, 2.05) is 0 Å². The van der Waals surface area contributed by atoms with E-state index in [1.54, 1.807) is 0 Å². The van der Waals surface area contributed by atoms with Gasteiger partial charge in [0.25, 0.3) is 0 Å². The summed E-state index contributed by atoms with van der Waals surface area (Å²) in [5, 5.41) is 8.16. The maximum Gasteiger partial charge on any atom is 4.00 e. The first-order chi connectivity index (χ1) is 14.2. The van der Waals surface area contributed by atoms with E-state index in [9.17, 15) is 0 Å². The van der Waals surface area contributed by atoms with Gasteiger partial charge in [-0.15, -0.1) is 64.0 Å². The van der Waals surface area contributed by atoms with Crippen molar-refractivity contribution in [2.45, 2.75) is 39.3 Å². The summed E-state index contributed by atoms with van der Waals surface area (Å²) >= 11 is 0. The Morgan fingerprint density at radius 2 is 1.34 bits per heavy atom. The second-order valence-corrected chi connectivity index (χ2v) is 8.50. The van der Waals surface area contributed by atoms with Crippen LogP contribution in [0, 0.1) is 0 Å². The molecule has 0 aliphatic carbocycles. The van der Waals surface area contributed by atoms with Gasteiger partial charge < -0.3 is 24.8 Å². The second-order valence-electron chi connectivity index (χ2n) is 7.50. The van der Waals surface area contributed by atoms with Crippen LogP contribution in [0.2, 0.25) is 13.1 Å². The van der Waals surface area contributed by atoms with Crippen LogP contribution in [0.3, 0.4) is 0 Å². The summed E-state index contributed by atoms with van der Waals surface area (Å²) in [7, 11) is 1.08. The van der Waals surface area contributed by atoms with Crippen LogP contribution in [0.5, 0.6) is 0 Å². The summed E-state index contributed by atoms with van der Waals surface area (Å²) in [6.45, 7) is 8.84. The van der Waals surface area contributed by atoms with Gasteiger partial charge in [0.1, 0.15) is 0 Å². The van der Waals surface area contributed by atoms with Crippen molar-refractivity contribution in [1.82, 2.24) is 0 Å². The molecule has 0 N–H and O–H groups in total. The van der Waals surface area contributed by atoms with Crippen molar-refractivity contribution in [2.75, 3.05) is 0 Å². The first-order valence-corrected chi connectivity index (χ1v) is 12.5. The standard InChI is InChI=1S/C13H9.C13H15.C2H6Si.2ClH.Hf/c1-2-6-12-10(4-1)8-9-11-5-3-7-13(11)12;1-3-10(2)12-9-8-11-6-4-5-7-13(11)12;1-3-2;;;/h1-9H;4-10H,3H2,1-2H3;1-2H3;2*1H;/q2*-1;;;;+4/p-2. The quantitative estimate of drug-likeness (QED) is 0.205. The average Bonchev–Trinajstić information content (AvgIpc) is 3.41. The van der Waals surface area contributed by atoms with Gasteiger partial charge in [0.05, 0.1) is 0 Å². The zero-order valence-corrected chi connectivity index (χ0v) is 25.3. The molecule has 164 valence electrons. The molecule has 0 saturated heterocycles. The summed E-state index contributed by atoms with van der Waals surface area (Å²) in [5.41, 5.74) is 1.50. The van der Waals surface area contributed by atoms with E-state index in [-0.39, 0.29) is 50.7 Å². The number of fused-ring (bicyclic) bond motifs is 4. The molecule has 5 aromatic rings. The molecule has 0 aliphatic rings. The maximum atomic E-state index is 2.29. The molecular formula is C28H30Cl2HfSi. The Morgan fingerprint density at radius 1 is 0.750 bits per heavy atom. The predicted molar refractivity (Wildman–Crippen MR) is 133 cm³/mol.